The maximum absolute atomic E-state index is 11.8. The van der Waals surface area contributed by atoms with Gasteiger partial charge in [0.25, 0.3) is 0 Å². The first-order valence-electron chi connectivity index (χ1n) is 12.4. The van der Waals surface area contributed by atoms with Crippen LogP contribution < -0.4 is 15.0 Å². The molecule has 5 aromatic rings. The van der Waals surface area contributed by atoms with Gasteiger partial charge in [-0.05, 0) is 48.9 Å². The molecule has 1 N–H and O–H groups in total. The lowest BCUT2D eigenvalue weighted by Gasteiger charge is -2.21. The number of rotatable bonds is 9. The number of ether oxygens (including phenoxy) is 1. The van der Waals surface area contributed by atoms with Crippen LogP contribution in [0.25, 0.3) is 22.1 Å². The van der Waals surface area contributed by atoms with Crippen LogP contribution in [0, 0.1) is 6.92 Å². The zero-order chi connectivity index (χ0) is 27.5. The lowest BCUT2D eigenvalue weighted by atomic mass is 10.2. The second kappa shape index (κ2) is 10.7. The van der Waals surface area contributed by atoms with Crippen molar-refractivity contribution in [2.75, 3.05) is 37.4 Å². The fourth-order valence-electron chi connectivity index (χ4n) is 4.07. The number of fused-ring (bicyclic) bond motifs is 2. The topological polar surface area (TPSA) is 114 Å². The lowest BCUT2D eigenvalue weighted by molar-refractivity contribution is -0.124. The molecule has 0 aliphatic carbocycles. The predicted molar refractivity (Wildman–Crippen MR) is 151 cm³/mol. The number of anilines is 3. The average molecular weight is 524 g/mol. The van der Waals surface area contributed by atoms with Gasteiger partial charge in [-0.25, -0.2) is 24.9 Å². The number of aromatic nitrogens is 6. The number of nitrogens with zero attached hydrogens (tertiary/aromatic N) is 8. The third-order valence-electron chi connectivity index (χ3n) is 6.39. The van der Waals surface area contributed by atoms with Crippen molar-refractivity contribution in [2.24, 2.45) is 7.05 Å². The minimum Gasteiger partial charge on any atom is -0.457 e. The van der Waals surface area contributed by atoms with Crippen LogP contribution in [0.1, 0.15) is 5.56 Å². The molecule has 2 aromatic carbocycles. The van der Waals surface area contributed by atoms with Gasteiger partial charge in [0.2, 0.25) is 11.9 Å². The van der Waals surface area contributed by atoms with E-state index in [0.29, 0.717) is 35.9 Å². The van der Waals surface area contributed by atoms with Gasteiger partial charge >= 0.3 is 0 Å². The van der Waals surface area contributed by atoms with Crippen LogP contribution in [0.5, 0.6) is 11.5 Å². The highest BCUT2D eigenvalue weighted by atomic mass is 16.5. The summed E-state index contributed by atoms with van der Waals surface area (Å²) in [6.07, 6.45) is 6.22. The van der Waals surface area contributed by atoms with Gasteiger partial charge in [0.15, 0.2) is 5.82 Å². The average Bonchev–Trinajstić information content (AvgIpc) is 3.32. The van der Waals surface area contributed by atoms with Crippen LogP contribution in [0.3, 0.4) is 0 Å². The van der Waals surface area contributed by atoms with Crippen LogP contribution >= 0.6 is 0 Å². The monoisotopic (exact) mass is 523 g/mol. The Morgan fingerprint density at radius 1 is 1.08 bits per heavy atom. The van der Waals surface area contributed by atoms with Gasteiger partial charge in [-0.1, -0.05) is 6.58 Å². The fourth-order valence-corrected chi connectivity index (χ4v) is 4.07. The molecular weight excluding hydrogens is 494 g/mol. The maximum Gasteiger partial charge on any atom is 0.245 e. The minimum absolute atomic E-state index is 0.135. The highest BCUT2D eigenvalue weighted by Gasteiger charge is 2.13. The summed E-state index contributed by atoms with van der Waals surface area (Å²) < 4.78 is 8.12. The van der Waals surface area contributed by atoms with Crippen molar-refractivity contribution in [3.63, 3.8) is 0 Å². The zero-order valence-electron chi connectivity index (χ0n) is 22.3. The lowest BCUT2D eigenvalue weighted by Crippen LogP contribution is -2.34. The Kier molecular flexibility index (Phi) is 7.04. The molecule has 0 bridgehead atoms. The number of hydrogen-bond acceptors (Lipinski definition) is 9. The number of likely N-dealkylation sites (N-methyl/N-ethyl adjacent to an activating group) is 2. The van der Waals surface area contributed by atoms with Crippen LogP contribution in [0.15, 0.2) is 67.9 Å². The molecule has 0 saturated heterocycles. The van der Waals surface area contributed by atoms with E-state index in [4.69, 9.17) is 9.72 Å². The summed E-state index contributed by atoms with van der Waals surface area (Å²) in [5.74, 6) is 2.40. The first-order chi connectivity index (χ1) is 18.8. The van der Waals surface area contributed by atoms with Gasteiger partial charge in [0.1, 0.15) is 28.9 Å². The van der Waals surface area contributed by atoms with E-state index in [1.165, 1.54) is 12.4 Å². The largest absolute Gasteiger partial charge is 0.457 e. The second-order valence-electron chi connectivity index (χ2n) is 9.22. The van der Waals surface area contributed by atoms with E-state index in [0.717, 1.165) is 33.8 Å². The van der Waals surface area contributed by atoms with Crippen molar-refractivity contribution < 1.29 is 9.53 Å². The second-order valence-corrected chi connectivity index (χ2v) is 9.22. The summed E-state index contributed by atoms with van der Waals surface area (Å²) in [7, 11) is 5.57. The molecule has 0 aliphatic rings. The van der Waals surface area contributed by atoms with E-state index in [-0.39, 0.29) is 5.91 Å². The van der Waals surface area contributed by atoms with E-state index < -0.39 is 0 Å². The number of aryl methyl sites for hydroxylation is 2. The van der Waals surface area contributed by atoms with E-state index in [9.17, 15) is 4.79 Å². The van der Waals surface area contributed by atoms with Crippen LogP contribution in [-0.4, -0.2) is 67.5 Å². The van der Waals surface area contributed by atoms with Gasteiger partial charge in [-0.15, -0.1) is 0 Å². The smallest absolute Gasteiger partial charge is 0.245 e. The van der Waals surface area contributed by atoms with Gasteiger partial charge in [-0.2, -0.15) is 0 Å². The first-order valence-corrected chi connectivity index (χ1v) is 12.4. The highest BCUT2D eigenvalue weighted by molar-refractivity contribution is 5.87. The summed E-state index contributed by atoms with van der Waals surface area (Å²) in [4.78, 5) is 37.5. The summed E-state index contributed by atoms with van der Waals surface area (Å²) in [5, 5.41) is 3.35. The normalized spacial score (nSPS) is 11.0. The fraction of sp³-hybridized carbons (Fsp3) is 0.214. The molecule has 11 heteroatoms. The van der Waals surface area contributed by atoms with Crippen molar-refractivity contribution in [1.82, 2.24) is 34.4 Å². The number of carbonyl (C=O) groups is 1. The van der Waals surface area contributed by atoms with Crippen LogP contribution in [0.2, 0.25) is 0 Å². The Bertz CT molecular complexity index is 1680. The summed E-state index contributed by atoms with van der Waals surface area (Å²) in [5.41, 5.74) is 4.91. The van der Waals surface area contributed by atoms with E-state index in [1.807, 2.05) is 66.9 Å². The number of carbonyl (C=O) groups excluding carboxylic acids is 1. The molecule has 0 atom stereocenters. The Hall–Kier alpha value is -5.06. The Morgan fingerprint density at radius 3 is 2.72 bits per heavy atom. The Balaban J connectivity index is 1.33. The molecule has 198 valence electrons. The standard InChI is InChI=1S/C28H29N9O2/c1-6-25(38)35(3)11-12-36(4)28-29-15-22-26(34-28)27(31-16-30-22)33-19-7-10-24(18(2)13-19)39-20-8-9-23-21(14-20)32-17-37(23)5/h6-10,13-17H,1,11-12H2,2-5H3,(H,30,31,33). The van der Waals surface area contributed by atoms with Crippen molar-refractivity contribution in [2.45, 2.75) is 6.92 Å². The maximum atomic E-state index is 11.8. The van der Waals surface area contributed by atoms with Crippen molar-refractivity contribution in [3.8, 4) is 11.5 Å². The molecule has 0 radical (unpaired) electrons. The molecule has 3 aromatic heterocycles. The highest BCUT2D eigenvalue weighted by Crippen LogP contribution is 2.31. The molecule has 39 heavy (non-hydrogen) atoms. The quantitative estimate of drug-likeness (QED) is 0.283. The number of nitrogens with one attached hydrogen (secondary N) is 1. The molecule has 5 rings (SSSR count). The van der Waals surface area contributed by atoms with Crippen LogP contribution in [0.4, 0.5) is 17.5 Å². The van der Waals surface area contributed by atoms with Crippen molar-refractivity contribution in [1.29, 1.82) is 0 Å². The van der Waals surface area contributed by atoms with Crippen molar-refractivity contribution >= 4 is 45.4 Å². The number of amides is 1. The number of hydrogen-bond donors (Lipinski definition) is 1. The summed E-state index contributed by atoms with van der Waals surface area (Å²) in [6, 6.07) is 11.7. The zero-order valence-corrected chi connectivity index (χ0v) is 22.3. The molecule has 0 saturated carbocycles. The molecule has 0 spiro atoms. The third-order valence-corrected chi connectivity index (χ3v) is 6.39. The van der Waals surface area contributed by atoms with Gasteiger partial charge < -0.3 is 24.4 Å². The first kappa shape index (κ1) is 25.6. The summed E-state index contributed by atoms with van der Waals surface area (Å²) in [6.45, 7) is 6.56. The number of benzene rings is 2. The Labute approximate surface area is 225 Å². The molecule has 0 aliphatic heterocycles. The Morgan fingerprint density at radius 2 is 1.92 bits per heavy atom. The molecule has 0 fully saturated rings. The van der Waals surface area contributed by atoms with Crippen LogP contribution in [-0.2, 0) is 11.8 Å². The number of imidazole rings is 1. The van der Waals surface area contributed by atoms with Gasteiger partial charge in [0, 0.05) is 46.0 Å². The predicted octanol–water partition coefficient (Wildman–Crippen LogP) is 4.23. The SMILES string of the molecule is C=CC(=O)N(C)CCN(C)c1ncc2ncnc(Nc3ccc(Oc4ccc5c(c4)ncn5C)c(C)c3)c2n1. The van der Waals surface area contributed by atoms with Gasteiger partial charge in [0.05, 0.1) is 23.6 Å². The van der Waals surface area contributed by atoms with E-state index >= 15 is 0 Å². The summed E-state index contributed by atoms with van der Waals surface area (Å²) >= 11 is 0. The van der Waals surface area contributed by atoms with Gasteiger partial charge in [-0.3, -0.25) is 4.79 Å². The van der Waals surface area contributed by atoms with E-state index in [2.05, 4.69) is 31.8 Å². The molecule has 11 nitrogen and oxygen atoms in total. The molecular formula is C28H29N9O2. The minimum atomic E-state index is -0.135. The third kappa shape index (κ3) is 5.47. The molecule has 3 heterocycles. The molecule has 1 amide bonds. The van der Waals surface area contributed by atoms with E-state index in [1.54, 1.807) is 24.5 Å². The molecule has 0 unspecified atom stereocenters. The van der Waals surface area contributed by atoms with Crippen molar-refractivity contribution in [3.05, 3.63) is 73.5 Å².